The summed E-state index contributed by atoms with van der Waals surface area (Å²) in [4.78, 5) is 38.7. The summed E-state index contributed by atoms with van der Waals surface area (Å²) in [6.45, 7) is 4.99. The van der Waals surface area contributed by atoms with E-state index in [2.05, 4.69) is 21.2 Å². The number of nitrogens with one attached hydrogen (secondary N) is 1. The Balaban J connectivity index is 2.00. The summed E-state index contributed by atoms with van der Waals surface area (Å²) in [5.41, 5.74) is 2.05. The molecule has 0 bridgehead atoms. The van der Waals surface area contributed by atoms with Gasteiger partial charge in [-0.1, -0.05) is 18.2 Å². The molecule has 7 nitrogen and oxygen atoms in total. The molecule has 32 heavy (non-hydrogen) atoms. The highest BCUT2D eigenvalue weighted by Gasteiger charge is 2.27. The van der Waals surface area contributed by atoms with Gasteiger partial charge in [0.15, 0.2) is 11.9 Å². The Morgan fingerprint density at radius 1 is 1.19 bits per heavy atom. The van der Waals surface area contributed by atoms with Gasteiger partial charge in [0.1, 0.15) is 10.6 Å². The number of carbonyl (C=O) groups excluding carboxylic acids is 3. The number of rotatable bonds is 6. The first kappa shape index (κ1) is 23.7. The highest BCUT2D eigenvalue weighted by Crippen LogP contribution is 2.45. The zero-order chi connectivity index (χ0) is 23.6. The molecule has 0 aliphatic heterocycles. The molecular weight excluding hydrogens is 496 g/mol. The number of esters is 1. The van der Waals surface area contributed by atoms with Gasteiger partial charge >= 0.3 is 5.97 Å². The van der Waals surface area contributed by atoms with Gasteiger partial charge in [0.05, 0.1) is 16.3 Å². The fourth-order valence-electron chi connectivity index (χ4n) is 3.24. The third kappa shape index (κ3) is 4.78. The zero-order valence-electron chi connectivity index (χ0n) is 18.3. The summed E-state index contributed by atoms with van der Waals surface area (Å²) in [6, 6.07) is 11.1. The number of halogens is 1. The van der Waals surface area contributed by atoms with Crippen molar-refractivity contribution >= 4 is 65.8 Å². The van der Waals surface area contributed by atoms with Gasteiger partial charge < -0.3 is 19.7 Å². The standard InChI is InChI=1S/C23H23BrN2O5S/c1-12-7-6-8-15(11-12)26(4)22(28)13(2)31-19-17(24)10-9-16-18(23(29)30-5)21(25-14(3)27)32-20(16)19/h6-11,13H,1-5H3,(H,25,27)/t13-/m1/s1. The fourth-order valence-corrected chi connectivity index (χ4v) is 5.02. The average molecular weight is 519 g/mol. The molecule has 0 aliphatic carbocycles. The van der Waals surface area contributed by atoms with E-state index in [1.165, 1.54) is 25.4 Å². The molecule has 0 spiro atoms. The summed E-state index contributed by atoms with van der Waals surface area (Å²) >= 11 is 4.66. The van der Waals surface area contributed by atoms with Gasteiger partial charge in [0.25, 0.3) is 5.91 Å². The van der Waals surface area contributed by atoms with Crippen LogP contribution < -0.4 is 15.0 Å². The van der Waals surface area contributed by atoms with Crippen LogP contribution >= 0.6 is 27.3 Å². The molecule has 2 amide bonds. The molecule has 1 heterocycles. The van der Waals surface area contributed by atoms with Crippen molar-refractivity contribution in [1.82, 2.24) is 0 Å². The Labute approximate surface area is 198 Å². The van der Waals surface area contributed by atoms with Crippen LogP contribution in [0.15, 0.2) is 40.9 Å². The highest BCUT2D eigenvalue weighted by molar-refractivity contribution is 9.10. The number of likely N-dealkylation sites (N-methyl/N-ethyl adjacent to an activating group) is 1. The number of anilines is 2. The normalized spacial score (nSPS) is 11.7. The zero-order valence-corrected chi connectivity index (χ0v) is 20.7. The summed E-state index contributed by atoms with van der Waals surface area (Å²) in [7, 11) is 2.98. The Morgan fingerprint density at radius 3 is 2.53 bits per heavy atom. The number of fused-ring (bicyclic) bond motifs is 1. The predicted molar refractivity (Wildman–Crippen MR) is 130 cm³/mol. The van der Waals surface area contributed by atoms with Gasteiger partial charge in [-0.25, -0.2) is 4.79 Å². The van der Waals surface area contributed by atoms with E-state index in [0.717, 1.165) is 11.3 Å². The monoisotopic (exact) mass is 518 g/mol. The average Bonchev–Trinajstić information content (AvgIpc) is 3.11. The molecule has 9 heteroatoms. The van der Waals surface area contributed by atoms with Crippen LogP contribution in [0.4, 0.5) is 10.7 Å². The molecule has 0 fully saturated rings. The van der Waals surface area contributed by atoms with Crippen molar-refractivity contribution in [3.63, 3.8) is 0 Å². The van der Waals surface area contributed by atoms with Crippen LogP contribution in [0.1, 0.15) is 29.8 Å². The summed E-state index contributed by atoms with van der Waals surface area (Å²) in [5.74, 6) is -0.706. The lowest BCUT2D eigenvalue weighted by molar-refractivity contribution is -0.124. The summed E-state index contributed by atoms with van der Waals surface area (Å²) in [6.07, 6.45) is -0.810. The number of ether oxygens (including phenoxy) is 2. The lowest BCUT2D eigenvalue weighted by atomic mass is 10.1. The van der Waals surface area contributed by atoms with Crippen LogP contribution in [0.5, 0.6) is 5.75 Å². The third-order valence-electron chi connectivity index (χ3n) is 4.81. The van der Waals surface area contributed by atoms with Crippen molar-refractivity contribution in [2.75, 3.05) is 24.4 Å². The van der Waals surface area contributed by atoms with Gasteiger partial charge in [-0.2, -0.15) is 0 Å². The van der Waals surface area contributed by atoms with Gasteiger partial charge in [-0.15, -0.1) is 11.3 Å². The number of aryl methyl sites for hydroxylation is 1. The van der Waals surface area contributed by atoms with E-state index in [4.69, 9.17) is 9.47 Å². The van der Waals surface area contributed by atoms with E-state index >= 15 is 0 Å². The molecule has 3 aromatic rings. The smallest absolute Gasteiger partial charge is 0.341 e. The number of nitrogens with zero attached hydrogens (tertiary/aromatic N) is 1. The molecule has 0 saturated heterocycles. The molecule has 0 aliphatic rings. The first-order chi connectivity index (χ1) is 15.1. The van der Waals surface area contributed by atoms with Crippen molar-refractivity contribution in [2.24, 2.45) is 0 Å². The van der Waals surface area contributed by atoms with Gasteiger partial charge in [0.2, 0.25) is 5.91 Å². The summed E-state index contributed by atoms with van der Waals surface area (Å²) < 4.78 is 12.2. The highest BCUT2D eigenvalue weighted by atomic mass is 79.9. The number of thiophene rings is 1. The first-order valence-electron chi connectivity index (χ1n) is 9.75. The SMILES string of the molecule is COC(=O)c1c(NC(C)=O)sc2c(O[C@H](C)C(=O)N(C)c3cccc(C)c3)c(Br)ccc12. The lowest BCUT2D eigenvalue weighted by Gasteiger charge is -2.23. The maximum atomic E-state index is 13.0. The largest absolute Gasteiger partial charge is 0.478 e. The van der Waals surface area contributed by atoms with Gasteiger partial charge in [0, 0.05) is 25.0 Å². The molecule has 0 unspecified atom stereocenters. The van der Waals surface area contributed by atoms with E-state index in [-0.39, 0.29) is 17.4 Å². The molecule has 1 atom stereocenters. The van der Waals surface area contributed by atoms with Crippen LogP contribution in [0.2, 0.25) is 0 Å². The van der Waals surface area contributed by atoms with Gasteiger partial charge in [-0.3, -0.25) is 9.59 Å². The lowest BCUT2D eigenvalue weighted by Crippen LogP contribution is -2.38. The topological polar surface area (TPSA) is 84.9 Å². The number of carbonyl (C=O) groups is 3. The molecule has 3 rings (SSSR count). The van der Waals surface area contributed by atoms with Crippen molar-refractivity contribution in [2.45, 2.75) is 26.9 Å². The molecule has 1 aromatic heterocycles. The second-order valence-corrected chi connectivity index (χ2v) is 9.10. The van der Waals surface area contributed by atoms with Crippen LogP contribution in [0.3, 0.4) is 0 Å². The minimum absolute atomic E-state index is 0.230. The second kappa shape index (κ2) is 9.70. The van der Waals surface area contributed by atoms with Crippen molar-refractivity contribution in [1.29, 1.82) is 0 Å². The maximum Gasteiger partial charge on any atom is 0.341 e. The number of hydrogen-bond donors (Lipinski definition) is 1. The molecule has 2 aromatic carbocycles. The molecular formula is C23H23BrN2O5S. The quantitative estimate of drug-likeness (QED) is 0.456. The Bertz CT molecular complexity index is 1210. The van der Waals surface area contributed by atoms with Crippen LogP contribution in [-0.2, 0) is 14.3 Å². The number of benzene rings is 2. The van der Waals surface area contributed by atoms with Crippen LogP contribution in [0, 0.1) is 6.92 Å². The van der Waals surface area contributed by atoms with E-state index in [1.54, 1.807) is 31.0 Å². The Hall–Kier alpha value is -2.91. The minimum atomic E-state index is -0.810. The molecule has 1 N–H and O–H groups in total. The number of hydrogen-bond acceptors (Lipinski definition) is 6. The van der Waals surface area contributed by atoms with Crippen LogP contribution in [-0.4, -0.2) is 38.0 Å². The number of amides is 2. The predicted octanol–water partition coefficient (Wildman–Crippen LogP) is 5.15. The fraction of sp³-hybridized carbons (Fsp3) is 0.261. The molecule has 0 saturated carbocycles. The van der Waals surface area contributed by atoms with Crippen LogP contribution in [0.25, 0.3) is 10.1 Å². The number of methoxy groups -OCH3 is 1. The Morgan fingerprint density at radius 2 is 1.91 bits per heavy atom. The first-order valence-corrected chi connectivity index (χ1v) is 11.4. The van der Waals surface area contributed by atoms with Crippen molar-refractivity contribution in [3.8, 4) is 5.75 Å². The second-order valence-electron chi connectivity index (χ2n) is 7.23. The molecule has 168 valence electrons. The van der Waals surface area contributed by atoms with E-state index < -0.39 is 12.1 Å². The van der Waals surface area contributed by atoms with Crippen molar-refractivity contribution < 1.29 is 23.9 Å². The molecule has 0 radical (unpaired) electrons. The van der Waals surface area contributed by atoms with Crippen molar-refractivity contribution in [3.05, 3.63) is 52.0 Å². The van der Waals surface area contributed by atoms with E-state index in [9.17, 15) is 14.4 Å². The van der Waals surface area contributed by atoms with E-state index in [1.807, 2.05) is 31.2 Å². The van der Waals surface area contributed by atoms with Gasteiger partial charge in [-0.05, 0) is 53.5 Å². The van der Waals surface area contributed by atoms with E-state index in [0.29, 0.717) is 25.3 Å². The summed E-state index contributed by atoms with van der Waals surface area (Å²) in [5, 5.41) is 3.60. The maximum absolute atomic E-state index is 13.0. The Kier molecular flexibility index (Phi) is 7.20. The minimum Gasteiger partial charge on any atom is -0.478 e. The third-order valence-corrected chi connectivity index (χ3v) is 6.55.